The second kappa shape index (κ2) is 4.94. The Bertz CT molecular complexity index is 758. The van der Waals surface area contributed by atoms with E-state index in [0.717, 1.165) is 11.8 Å². The molecule has 0 saturated heterocycles. The van der Waals surface area contributed by atoms with Gasteiger partial charge in [-0.3, -0.25) is 4.79 Å². The van der Waals surface area contributed by atoms with Crippen LogP contribution in [0.5, 0.6) is 0 Å². The summed E-state index contributed by atoms with van der Waals surface area (Å²) in [6.45, 7) is 0. The van der Waals surface area contributed by atoms with Crippen molar-refractivity contribution in [2.75, 3.05) is 0 Å². The van der Waals surface area contributed by atoms with E-state index < -0.39 is 0 Å². The highest BCUT2D eigenvalue weighted by molar-refractivity contribution is 6.30. The summed E-state index contributed by atoms with van der Waals surface area (Å²) >= 11 is 5.92. The van der Waals surface area contributed by atoms with E-state index in [1.54, 1.807) is 23.1 Å². The van der Waals surface area contributed by atoms with Crippen LogP contribution in [0, 0.1) is 23.7 Å². The Labute approximate surface area is 139 Å². The Balaban J connectivity index is 1.40. The summed E-state index contributed by atoms with van der Waals surface area (Å²) < 4.78 is 1.56. The summed E-state index contributed by atoms with van der Waals surface area (Å²) in [6.07, 6.45) is 11.4. The normalized spacial score (nSPS) is 34.9. The zero-order valence-electron chi connectivity index (χ0n) is 12.8. The Morgan fingerprint density at radius 3 is 2.52 bits per heavy atom. The number of carbonyl (C=O) groups excluding carboxylic acids is 1. The van der Waals surface area contributed by atoms with E-state index in [1.165, 1.54) is 32.1 Å². The van der Waals surface area contributed by atoms with Crippen LogP contribution in [0.2, 0.25) is 5.02 Å². The van der Waals surface area contributed by atoms with Crippen LogP contribution in [0.3, 0.4) is 0 Å². The molecule has 0 spiro atoms. The van der Waals surface area contributed by atoms with Gasteiger partial charge in [-0.1, -0.05) is 11.6 Å². The Morgan fingerprint density at radius 2 is 1.83 bits per heavy atom. The summed E-state index contributed by atoms with van der Waals surface area (Å²) in [5, 5.41) is 8.01. The molecule has 5 nitrogen and oxygen atoms in total. The highest BCUT2D eigenvalue weighted by Crippen LogP contribution is 2.53. The topological polar surface area (TPSA) is 59.3 Å². The minimum atomic E-state index is -0.0488. The van der Waals surface area contributed by atoms with Crippen LogP contribution in [-0.2, 0) is 0 Å². The van der Waals surface area contributed by atoms with Gasteiger partial charge in [-0.25, -0.2) is 9.50 Å². The number of hydrogen-bond donors (Lipinski definition) is 1. The van der Waals surface area contributed by atoms with Gasteiger partial charge in [0.1, 0.15) is 5.56 Å². The Morgan fingerprint density at radius 1 is 1.13 bits per heavy atom. The fourth-order valence-corrected chi connectivity index (χ4v) is 5.54. The molecule has 1 amide bonds. The van der Waals surface area contributed by atoms with Crippen molar-refractivity contribution < 1.29 is 4.79 Å². The van der Waals surface area contributed by atoms with Crippen molar-refractivity contribution >= 4 is 23.2 Å². The van der Waals surface area contributed by atoms with Crippen LogP contribution in [0.4, 0.5) is 0 Å². The van der Waals surface area contributed by atoms with Gasteiger partial charge in [0.05, 0.1) is 17.4 Å². The molecule has 23 heavy (non-hydrogen) atoms. The van der Waals surface area contributed by atoms with Crippen LogP contribution in [0.25, 0.3) is 5.65 Å². The monoisotopic (exact) mass is 330 g/mol. The molecule has 2 heterocycles. The number of halogens is 1. The molecule has 120 valence electrons. The van der Waals surface area contributed by atoms with Crippen LogP contribution in [0.15, 0.2) is 18.6 Å². The van der Waals surface area contributed by atoms with Gasteiger partial charge in [-0.05, 0) is 55.8 Å². The third kappa shape index (κ3) is 2.17. The minimum absolute atomic E-state index is 0.0488. The van der Waals surface area contributed by atoms with Crippen molar-refractivity contribution in [3.8, 4) is 0 Å². The molecule has 2 aromatic rings. The third-order valence-corrected chi connectivity index (χ3v) is 6.29. The van der Waals surface area contributed by atoms with Gasteiger partial charge in [0.2, 0.25) is 0 Å². The van der Waals surface area contributed by atoms with E-state index in [-0.39, 0.29) is 5.91 Å². The lowest BCUT2D eigenvalue weighted by atomic mass is 9.54. The molecule has 4 fully saturated rings. The van der Waals surface area contributed by atoms with Gasteiger partial charge in [0, 0.05) is 12.2 Å². The number of aromatic nitrogens is 3. The van der Waals surface area contributed by atoms with Gasteiger partial charge >= 0.3 is 0 Å². The van der Waals surface area contributed by atoms with Crippen molar-refractivity contribution in [2.24, 2.45) is 23.7 Å². The number of nitrogens with one attached hydrogen (secondary N) is 1. The Kier molecular flexibility index (Phi) is 2.96. The number of nitrogens with zero attached hydrogens (tertiary/aromatic N) is 3. The van der Waals surface area contributed by atoms with Crippen LogP contribution >= 0.6 is 11.6 Å². The van der Waals surface area contributed by atoms with Crippen molar-refractivity contribution in [1.82, 2.24) is 19.9 Å². The molecule has 4 saturated carbocycles. The lowest BCUT2D eigenvalue weighted by molar-refractivity contribution is -0.0119. The standard InChI is InChI=1S/C17H19ClN4O/c18-13-6-19-16-14(7-20-22(16)8-13)17(23)21-15-11-2-9-1-10(4-11)5-12(15)3-9/h6-12,15H,1-5H2,(H,21,23). The van der Waals surface area contributed by atoms with Crippen molar-refractivity contribution in [3.05, 3.63) is 29.2 Å². The van der Waals surface area contributed by atoms with Gasteiger partial charge < -0.3 is 5.32 Å². The summed E-state index contributed by atoms with van der Waals surface area (Å²) in [7, 11) is 0. The SMILES string of the molecule is O=C(NC1C2CC3CC(C2)CC1C3)c1cnn2cc(Cl)cnc12. The molecule has 4 aliphatic rings. The summed E-state index contributed by atoms with van der Waals surface area (Å²) in [5.74, 6) is 3.10. The van der Waals surface area contributed by atoms with Crippen LogP contribution < -0.4 is 5.32 Å². The van der Waals surface area contributed by atoms with Crippen LogP contribution in [0.1, 0.15) is 42.5 Å². The minimum Gasteiger partial charge on any atom is -0.349 e. The molecule has 4 bridgehead atoms. The Hall–Kier alpha value is -1.62. The maximum absolute atomic E-state index is 12.8. The first kappa shape index (κ1) is 13.8. The van der Waals surface area contributed by atoms with Crippen LogP contribution in [-0.4, -0.2) is 26.5 Å². The number of fused-ring (bicyclic) bond motifs is 1. The number of hydrogen-bond acceptors (Lipinski definition) is 3. The molecule has 2 aromatic heterocycles. The molecule has 0 unspecified atom stereocenters. The smallest absolute Gasteiger partial charge is 0.257 e. The second-order valence-corrected chi connectivity index (χ2v) is 7.97. The summed E-state index contributed by atoms with van der Waals surface area (Å²) in [5.41, 5.74) is 1.10. The average Bonchev–Trinajstić information content (AvgIpc) is 2.93. The number of carbonyl (C=O) groups is 1. The lowest BCUT2D eigenvalue weighted by Crippen LogP contribution is -2.55. The molecule has 4 aliphatic carbocycles. The molecular formula is C17H19ClN4O. The average molecular weight is 331 g/mol. The molecule has 6 heteroatoms. The lowest BCUT2D eigenvalue weighted by Gasteiger charge is -2.54. The first-order valence-corrected chi connectivity index (χ1v) is 8.85. The van der Waals surface area contributed by atoms with E-state index in [9.17, 15) is 4.79 Å². The maximum Gasteiger partial charge on any atom is 0.257 e. The van der Waals surface area contributed by atoms with Gasteiger partial charge in [0.15, 0.2) is 5.65 Å². The largest absolute Gasteiger partial charge is 0.349 e. The predicted molar refractivity (Wildman–Crippen MR) is 86.3 cm³/mol. The van der Waals surface area contributed by atoms with Gasteiger partial charge in [-0.15, -0.1) is 0 Å². The molecule has 0 radical (unpaired) electrons. The fourth-order valence-electron chi connectivity index (χ4n) is 5.40. The first-order chi connectivity index (χ1) is 11.2. The third-order valence-electron chi connectivity index (χ3n) is 6.09. The molecule has 6 rings (SSSR count). The quantitative estimate of drug-likeness (QED) is 0.921. The fraction of sp³-hybridized carbons (Fsp3) is 0.588. The maximum atomic E-state index is 12.8. The first-order valence-electron chi connectivity index (χ1n) is 8.47. The predicted octanol–water partition coefficient (Wildman–Crippen LogP) is 2.94. The van der Waals surface area contributed by atoms with Gasteiger partial charge in [0.25, 0.3) is 5.91 Å². The highest BCUT2D eigenvalue weighted by atomic mass is 35.5. The van der Waals surface area contributed by atoms with E-state index >= 15 is 0 Å². The van der Waals surface area contributed by atoms with Crippen molar-refractivity contribution in [3.63, 3.8) is 0 Å². The molecule has 0 atom stereocenters. The van der Waals surface area contributed by atoms with E-state index in [2.05, 4.69) is 15.4 Å². The van der Waals surface area contributed by atoms with E-state index in [0.29, 0.717) is 34.1 Å². The molecule has 0 aromatic carbocycles. The van der Waals surface area contributed by atoms with E-state index in [4.69, 9.17) is 11.6 Å². The summed E-state index contributed by atoms with van der Waals surface area (Å²) in [4.78, 5) is 17.0. The van der Waals surface area contributed by atoms with Gasteiger partial charge in [-0.2, -0.15) is 5.10 Å². The second-order valence-electron chi connectivity index (χ2n) is 7.53. The zero-order valence-corrected chi connectivity index (χ0v) is 13.5. The molecule has 0 aliphatic heterocycles. The summed E-state index contributed by atoms with van der Waals surface area (Å²) in [6, 6.07) is 0.331. The molecular weight excluding hydrogens is 312 g/mol. The molecule has 1 N–H and O–H groups in total. The zero-order chi connectivity index (χ0) is 15.6. The highest BCUT2D eigenvalue weighted by Gasteiger charge is 2.48. The van der Waals surface area contributed by atoms with Crippen molar-refractivity contribution in [1.29, 1.82) is 0 Å². The number of rotatable bonds is 2. The van der Waals surface area contributed by atoms with Crippen molar-refractivity contribution in [2.45, 2.75) is 38.1 Å². The number of amides is 1. The van der Waals surface area contributed by atoms with E-state index in [1.807, 2.05) is 0 Å².